The molecule has 42 heavy (non-hydrogen) atoms. The highest BCUT2D eigenvalue weighted by Crippen LogP contribution is 2.16. The van der Waals surface area contributed by atoms with E-state index in [9.17, 15) is 14.4 Å². The number of hydrogen-bond donors (Lipinski definition) is 2. The van der Waals surface area contributed by atoms with Gasteiger partial charge in [0.1, 0.15) is 31.0 Å². The topological polar surface area (TPSA) is 103 Å². The normalized spacial score (nSPS) is 11.9. The van der Waals surface area contributed by atoms with E-state index in [-0.39, 0.29) is 19.4 Å². The maximum absolute atomic E-state index is 13.5. The van der Waals surface area contributed by atoms with Crippen LogP contribution in [0.5, 0.6) is 5.75 Å². The minimum atomic E-state index is -1.02. The fourth-order valence-corrected chi connectivity index (χ4v) is 4.27. The minimum absolute atomic E-state index is 0.0489. The van der Waals surface area contributed by atoms with Gasteiger partial charge in [-0.2, -0.15) is 0 Å². The van der Waals surface area contributed by atoms with Gasteiger partial charge in [-0.15, -0.1) is 0 Å². The van der Waals surface area contributed by atoms with Gasteiger partial charge < -0.3 is 24.8 Å². The smallest absolute Gasteiger partial charge is 0.408 e. The molecule has 8 nitrogen and oxygen atoms in total. The zero-order chi connectivity index (χ0) is 29.6. The lowest BCUT2D eigenvalue weighted by atomic mass is 10.0. The molecule has 0 aliphatic heterocycles. The first-order valence-corrected chi connectivity index (χ1v) is 13.6. The van der Waals surface area contributed by atoms with Gasteiger partial charge in [-0.1, -0.05) is 103 Å². The zero-order valence-electron chi connectivity index (χ0n) is 23.4. The largest absolute Gasteiger partial charge is 0.489 e. The molecule has 0 aliphatic rings. The molecule has 0 heterocycles. The van der Waals surface area contributed by atoms with Crippen molar-refractivity contribution in [2.75, 3.05) is 7.11 Å². The average Bonchev–Trinajstić information content (AvgIpc) is 3.04. The number of rotatable bonds is 13. The van der Waals surface area contributed by atoms with Crippen molar-refractivity contribution in [1.82, 2.24) is 10.6 Å². The third kappa shape index (κ3) is 9.52. The van der Waals surface area contributed by atoms with E-state index < -0.39 is 30.1 Å². The number of hydrogen-bond acceptors (Lipinski definition) is 6. The van der Waals surface area contributed by atoms with E-state index in [1.165, 1.54) is 7.11 Å². The molecule has 4 aromatic carbocycles. The molecule has 0 radical (unpaired) electrons. The summed E-state index contributed by atoms with van der Waals surface area (Å²) in [6.45, 7) is 0.476. The summed E-state index contributed by atoms with van der Waals surface area (Å²) in [5.74, 6) is -0.452. The maximum atomic E-state index is 13.5. The first-order chi connectivity index (χ1) is 20.5. The van der Waals surface area contributed by atoms with E-state index in [4.69, 9.17) is 14.2 Å². The number of carbonyl (C=O) groups is 3. The number of nitrogens with one attached hydrogen (secondary N) is 2. The fourth-order valence-electron chi connectivity index (χ4n) is 4.27. The Kier molecular flexibility index (Phi) is 11.1. The predicted octanol–water partition coefficient (Wildman–Crippen LogP) is 5.00. The van der Waals surface area contributed by atoms with Crippen molar-refractivity contribution in [3.63, 3.8) is 0 Å². The zero-order valence-corrected chi connectivity index (χ0v) is 23.4. The van der Waals surface area contributed by atoms with E-state index in [0.29, 0.717) is 12.4 Å². The molecule has 0 saturated heterocycles. The molecule has 0 bridgehead atoms. The van der Waals surface area contributed by atoms with Crippen LogP contribution in [0.3, 0.4) is 0 Å². The van der Waals surface area contributed by atoms with E-state index in [1.807, 2.05) is 115 Å². The predicted molar refractivity (Wildman–Crippen MR) is 159 cm³/mol. The molecule has 4 aromatic rings. The van der Waals surface area contributed by atoms with Gasteiger partial charge in [-0.25, -0.2) is 9.59 Å². The standard InChI is InChI=1S/C34H34N2O6/c1-40-33(38)31(22-25-11-5-2-6-12-25)35-32(37)30(36-34(39)42-24-28-15-9-4-10-16-28)21-26-17-19-29(20-18-26)41-23-27-13-7-3-8-14-27/h2-20,30-31H,21-24H2,1H3,(H,35,37)(H,36,39)/t30-,31-/m1/s1. The number of ether oxygens (including phenoxy) is 3. The molecular weight excluding hydrogens is 532 g/mol. The van der Waals surface area contributed by atoms with Crippen molar-refractivity contribution in [3.8, 4) is 5.75 Å². The number of amides is 2. The SMILES string of the molecule is COC(=O)[C@@H](Cc1ccccc1)NC(=O)[C@@H](Cc1ccc(OCc2ccccc2)cc1)NC(=O)OCc1ccccc1. The van der Waals surface area contributed by atoms with Gasteiger partial charge in [0.25, 0.3) is 0 Å². The van der Waals surface area contributed by atoms with Crippen molar-refractivity contribution >= 4 is 18.0 Å². The molecule has 0 spiro atoms. The van der Waals surface area contributed by atoms with Crippen LogP contribution in [-0.4, -0.2) is 37.2 Å². The van der Waals surface area contributed by atoms with Crippen molar-refractivity contribution in [1.29, 1.82) is 0 Å². The van der Waals surface area contributed by atoms with Crippen molar-refractivity contribution in [2.45, 2.75) is 38.1 Å². The van der Waals surface area contributed by atoms with Gasteiger partial charge in [0.05, 0.1) is 7.11 Å². The first kappa shape index (κ1) is 29.9. The highest BCUT2D eigenvalue weighted by atomic mass is 16.5. The molecule has 4 rings (SSSR count). The van der Waals surface area contributed by atoms with Crippen LogP contribution in [0.4, 0.5) is 4.79 Å². The molecule has 0 saturated carbocycles. The second kappa shape index (κ2) is 15.6. The molecule has 0 aromatic heterocycles. The van der Waals surface area contributed by atoms with Gasteiger partial charge in [0.15, 0.2) is 0 Å². The lowest BCUT2D eigenvalue weighted by molar-refractivity contribution is -0.145. The Labute approximate surface area is 245 Å². The number of esters is 1. The summed E-state index contributed by atoms with van der Waals surface area (Å²) in [7, 11) is 1.27. The van der Waals surface area contributed by atoms with Gasteiger partial charge in [-0.3, -0.25) is 4.79 Å². The van der Waals surface area contributed by atoms with Crippen molar-refractivity contribution in [2.24, 2.45) is 0 Å². The summed E-state index contributed by atoms with van der Waals surface area (Å²) in [5, 5.41) is 5.42. The number of alkyl carbamates (subject to hydrolysis) is 1. The van der Waals surface area contributed by atoms with Crippen molar-refractivity contribution in [3.05, 3.63) is 138 Å². The molecule has 0 unspecified atom stereocenters. The minimum Gasteiger partial charge on any atom is -0.489 e. The van der Waals surface area contributed by atoms with E-state index >= 15 is 0 Å². The summed E-state index contributed by atoms with van der Waals surface area (Å²) in [5.41, 5.74) is 3.50. The lowest BCUT2D eigenvalue weighted by Crippen LogP contribution is -2.53. The Morgan fingerprint density at radius 2 is 1.10 bits per heavy atom. The second-order valence-electron chi connectivity index (χ2n) is 9.66. The highest BCUT2D eigenvalue weighted by molar-refractivity contribution is 5.90. The Morgan fingerprint density at radius 1 is 0.595 bits per heavy atom. The molecule has 8 heteroatoms. The summed E-state index contributed by atoms with van der Waals surface area (Å²) in [4.78, 5) is 38.8. The summed E-state index contributed by atoms with van der Waals surface area (Å²) >= 11 is 0. The number of carbonyl (C=O) groups excluding carboxylic acids is 3. The third-order valence-corrected chi connectivity index (χ3v) is 6.52. The van der Waals surface area contributed by atoms with Gasteiger partial charge >= 0.3 is 12.1 Å². The number of benzene rings is 4. The quantitative estimate of drug-likeness (QED) is 0.221. The number of methoxy groups -OCH3 is 1. The third-order valence-electron chi connectivity index (χ3n) is 6.52. The van der Waals surface area contributed by atoms with Crippen LogP contribution in [0, 0.1) is 0 Å². The summed E-state index contributed by atoms with van der Waals surface area (Å²) in [6.07, 6.45) is -0.359. The van der Waals surface area contributed by atoms with Gasteiger partial charge in [-0.05, 0) is 34.4 Å². The van der Waals surface area contributed by atoms with Crippen LogP contribution >= 0.6 is 0 Å². The molecule has 216 valence electrons. The van der Waals surface area contributed by atoms with Gasteiger partial charge in [0.2, 0.25) is 5.91 Å². The maximum Gasteiger partial charge on any atom is 0.408 e. The monoisotopic (exact) mass is 566 g/mol. The Hall–Kier alpha value is -5.11. The molecule has 0 aliphatic carbocycles. The fraction of sp³-hybridized carbons (Fsp3) is 0.206. The first-order valence-electron chi connectivity index (χ1n) is 13.6. The average molecular weight is 567 g/mol. The summed E-state index contributed by atoms with van der Waals surface area (Å²) in [6, 6.07) is 33.7. The van der Waals surface area contributed by atoms with Crippen LogP contribution < -0.4 is 15.4 Å². The lowest BCUT2D eigenvalue weighted by Gasteiger charge is -2.22. The van der Waals surface area contributed by atoms with Crippen LogP contribution in [0.15, 0.2) is 115 Å². The van der Waals surface area contributed by atoms with E-state index in [2.05, 4.69) is 10.6 Å². The Balaban J connectivity index is 1.44. The van der Waals surface area contributed by atoms with Crippen LogP contribution in [0.25, 0.3) is 0 Å². The van der Waals surface area contributed by atoms with Crippen LogP contribution in [-0.2, 0) is 45.1 Å². The molecule has 0 fully saturated rings. The molecule has 2 N–H and O–H groups in total. The van der Waals surface area contributed by atoms with Crippen molar-refractivity contribution < 1.29 is 28.6 Å². The van der Waals surface area contributed by atoms with Crippen LogP contribution in [0.1, 0.15) is 22.3 Å². The molecular formula is C34H34N2O6. The summed E-state index contributed by atoms with van der Waals surface area (Å²) < 4.78 is 16.2. The molecule has 2 amide bonds. The van der Waals surface area contributed by atoms with Crippen LogP contribution in [0.2, 0.25) is 0 Å². The Bertz CT molecular complexity index is 1410. The van der Waals surface area contributed by atoms with E-state index in [1.54, 1.807) is 0 Å². The molecule has 2 atom stereocenters. The Morgan fingerprint density at radius 3 is 1.67 bits per heavy atom. The second-order valence-corrected chi connectivity index (χ2v) is 9.66. The van der Waals surface area contributed by atoms with Gasteiger partial charge in [0, 0.05) is 12.8 Å². The van der Waals surface area contributed by atoms with E-state index in [0.717, 1.165) is 22.3 Å². The highest BCUT2D eigenvalue weighted by Gasteiger charge is 2.28.